The Kier molecular flexibility index (Phi) is 5.44. The van der Waals surface area contributed by atoms with Gasteiger partial charge < -0.3 is 10.1 Å². The van der Waals surface area contributed by atoms with Crippen molar-refractivity contribution in [3.63, 3.8) is 0 Å². The van der Waals surface area contributed by atoms with Crippen LogP contribution in [0, 0.1) is 18.3 Å². The molecule has 0 saturated carbocycles. The van der Waals surface area contributed by atoms with Crippen molar-refractivity contribution >= 4 is 5.82 Å². The maximum atomic E-state index is 9.02. The van der Waals surface area contributed by atoms with E-state index in [0.29, 0.717) is 18.0 Å². The number of pyridine rings is 1. The zero-order valence-electron chi connectivity index (χ0n) is 10.7. The molecule has 1 heterocycles. The number of nitrogens with one attached hydrogen (secondary N) is 1. The van der Waals surface area contributed by atoms with Gasteiger partial charge in [-0.1, -0.05) is 13.3 Å². The van der Waals surface area contributed by atoms with Crippen LogP contribution < -0.4 is 5.32 Å². The third-order valence-corrected chi connectivity index (χ3v) is 2.50. The molecule has 17 heavy (non-hydrogen) atoms. The number of hydrogen-bond donors (Lipinski definition) is 1. The lowest BCUT2D eigenvalue weighted by Crippen LogP contribution is -2.25. The second-order valence-corrected chi connectivity index (χ2v) is 4.05. The van der Waals surface area contributed by atoms with Crippen molar-refractivity contribution in [1.82, 2.24) is 4.98 Å². The largest absolute Gasteiger partial charge is 0.383 e. The molecule has 4 heteroatoms. The molecule has 0 saturated heterocycles. The standard InChI is InChI=1S/C13H19N3O/c1-4-5-12(9-17-3)16-13-11(8-14)7-6-10(2)15-13/h6-7,12H,4-5,9H2,1-3H3,(H,15,16). The Morgan fingerprint density at radius 3 is 2.88 bits per heavy atom. The molecule has 0 aliphatic heterocycles. The minimum absolute atomic E-state index is 0.200. The molecule has 0 spiro atoms. The number of nitriles is 1. The number of ether oxygens (including phenoxy) is 1. The molecular weight excluding hydrogens is 214 g/mol. The average Bonchev–Trinajstić information content (AvgIpc) is 2.30. The summed E-state index contributed by atoms with van der Waals surface area (Å²) in [6.07, 6.45) is 2.06. The first-order chi connectivity index (χ1) is 8.21. The Morgan fingerprint density at radius 2 is 2.29 bits per heavy atom. The van der Waals surface area contributed by atoms with Crippen molar-refractivity contribution in [3.05, 3.63) is 23.4 Å². The van der Waals surface area contributed by atoms with E-state index in [0.717, 1.165) is 18.5 Å². The quantitative estimate of drug-likeness (QED) is 0.820. The van der Waals surface area contributed by atoms with Crippen LogP contribution in [-0.2, 0) is 4.74 Å². The average molecular weight is 233 g/mol. The third kappa shape index (κ3) is 4.04. The fourth-order valence-electron chi connectivity index (χ4n) is 1.70. The van der Waals surface area contributed by atoms with Gasteiger partial charge in [-0.25, -0.2) is 4.98 Å². The molecule has 1 rings (SSSR count). The Bertz CT molecular complexity index is 392. The number of rotatable bonds is 6. The lowest BCUT2D eigenvalue weighted by Gasteiger charge is -2.18. The van der Waals surface area contributed by atoms with Crippen LogP contribution in [0.5, 0.6) is 0 Å². The molecule has 1 N–H and O–H groups in total. The van der Waals surface area contributed by atoms with Gasteiger partial charge in [-0.05, 0) is 25.5 Å². The molecule has 1 unspecified atom stereocenters. The summed E-state index contributed by atoms with van der Waals surface area (Å²) >= 11 is 0. The lowest BCUT2D eigenvalue weighted by molar-refractivity contribution is 0.182. The number of hydrogen-bond acceptors (Lipinski definition) is 4. The van der Waals surface area contributed by atoms with Crippen molar-refractivity contribution in [1.29, 1.82) is 5.26 Å². The van der Waals surface area contributed by atoms with Crippen molar-refractivity contribution in [2.45, 2.75) is 32.7 Å². The summed E-state index contributed by atoms with van der Waals surface area (Å²) in [5.41, 5.74) is 1.48. The summed E-state index contributed by atoms with van der Waals surface area (Å²) in [5.74, 6) is 0.656. The lowest BCUT2D eigenvalue weighted by atomic mass is 10.1. The third-order valence-electron chi connectivity index (χ3n) is 2.50. The molecule has 1 atom stereocenters. The van der Waals surface area contributed by atoms with E-state index < -0.39 is 0 Å². The fourth-order valence-corrected chi connectivity index (χ4v) is 1.70. The predicted molar refractivity (Wildman–Crippen MR) is 67.9 cm³/mol. The number of aromatic nitrogens is 1. The van der Waals surface area contributed by atoms with Gasteiger partial charge in [0.2, 0.25) is 0 Å². The number of anilines is 1. The number of nitrogens with zero attached hydrogens (tertiary/aromatic N) is 2. The molecule has 0 amide bonds. The number of methoxy groups -OCH3 is 1. The molecule has 0 aromatic carbocycles. The van der Waals surface area contributed by atoms with E-state index in [9.17, 15) is 0 Å². The van der Waals surface area contributed by atoms with Crippen LogP contribution in [-0.4, -0.2) is 24.7 Å². The van der Waals surface area contributed by atoms with Crippen LogP contribution >= 0.6 is 0 Å². The monoisotopic (exact) mass is 233 g/mol. The van der Waals surface area contributed by atoms with Crippen LogP contribution in [0.2, 0.25) is 0 Å². The zero-order chi connectivity index (χ0) is 12.7. The van der Waals surface area contributed by atoms with E-state index in [1.165, 1.54) is 0 Å². The van der Waals surface area contributed by atoms with E-state index in [2.05, 4.69) is 23.3 Å². The summed E-state index contributed by atoms with van der Waals surface area (Å²) in [6, 6.07) is 5.98. The number of aryl methyl sites for hydroxylation is 1. The molecule has 0 fully saturated rings. The van der Waals surface area contributed by atoms with Crippen LogP contribution in [0.3, 0.4) is 0 Å². The molecule has 92 valence electrons. The summed E-state index contributed by atoms with van der Waals surface area (Å²) in [4.78, 5) is 4.36. The second kappa shape index (κ2) is 6.87. The molecule has 4 nitrogen and oxygen atoms in total. The van der Waals surface area contributed by atoms with E-state index in [-0.39, 0.29) is 6.04 Å². The summed E-state index contributed by atoms with van der Waals surface area (Å²) in [5, 5.41) is 12.3. The Morgan fingerprint density at radius 1 is 1.53 bits per heavy atom. The summed E-state index contributed by atoms with van der Waals surface area (Å²) < 4.78 is 5.16. The Balaban J connectivity index is 2.84. The van der Waals surface area contributed by atoms with Crippen molar-refractivity contribution < 1.29 is 4.74 Å². The van der Waals surface area contributed by atoms with Crippen LogP contribution in [0.15, 0.2) is 12.1 Å². The highest BCUT2D eigenvalue weighted by atomic mass is 16.5. The first-order valence-corrected chi connectivity index (χ1v) is 5.84. The summed E-state index contributed by atoms with van der Waals surface area (Å²) in [7, 11) is 1.68. The van der Waals surface area contributed by atoms with Gasteiger partial charge >= 0.3 is 0 Å². The molecule has 1 aromatic rings. The molecular formula is C13H19N3O. The van der Waals surface area contributed by atoms with E-state index in [1.54, 1.807) is 13.2 Å². The minimum Gasteiger partial charge on any atom is -0.383 e. The minimum atomic E-state index is 0.200. The van der Waals surface area contributed by atoms with Gasteiger partial charge in [0.15, 0.2) is 0 Å². The summed E-state index contributed by atoms with van der Waals surface area (Å²) in [6.45, 7) is 4.66. The van der Waals surface area contributed by atoms with Gasteiger partial charge in [0.05, 0.1) is 18.2 Å². The van der Waals surface area contributed by atoms with E-state index >= 15 is 0 Å². The zero-order valence-corrected chi connectivity index (χ0v) is 10.7. The first-order valence-electron chi connectivity index (χ1n) is 5.84. The molecule has 0 radical (unpaired) electrons. The molecule has 1 aromatic heterocycles. The molecule has 0 aliphatic rings. The maximum Gasteiger partial charge on any atom is 0.144 e. The van der Waals surface area contributed by atoms with Crippen LogP contribution in [0.4, 0.5) is 5.82 Å². The fraction of sp³-hybridized carbons (Fsp3) is 0.538. The van der Waals surface area contributed by atoms with Gasteiger partial charge in [-0.2, -0.15) is 5.26 Å². The topological polar surface area (TPSA) is 57.9 Å². The Hall–Kier alpha value is -1.60. The highest BCUT2D eigenvalue weighted by Crippen LogP contribution is 2.15. The van der Waals surface area contributed by atoms with Gasteiger partial charge in [0.25, 0.3) is 0 Å². The van der Waals surface area contributed by atoms with Crippen LogP contribution in [0.1, 0.15) is 31.0 Å². The van der Waals surface area contributed by atoms with Crippen LogP contribution in [0.25, 0.3) is 0 Å². The van der Waals surface area contributed by atoms with Crippen molar-refractivity contribution in [2.24, 2.45) is 0 Å². The molecule has 0 aliphatic carbocycles. The smallest absolute Gasteiger partial charge is 0.144 e. The first kappa shape index (κ1) is 13.5. The van der Waals surface area contributed by atoms with Gasteiger partial charge in [0, 0.05) is 12.8 Å². The second-order valence-electron chi connectivity index (χ2n) is 4.05. The van der Waals surface area contributed by atoms with Gasteiger partial charge in [-0.15, -0.1) is 0 Å². The van der Waals surface area contributed by atoms with Crippen molar-refractivity contribution in [2.75, 3.05) is 19.0 Å². The van der Waals surface area contributed by atoms with E-state index in [1.807, 2.05) is 13.0 Å². The Labute approximate surface area is 103 Å². The normalized spacial score (nSPS) is 11.9. The SMILES string of the molecule is CCCC(COC)Nc1nc(C)ccc1C#N. The molecule has 0 bridgehead atoms. The highest BCUT2D eigenvalue weighted by Gasteiger charge is 2.11. The van der Waals surface area contributed by atoms with Gasteiger partial charge in [0.1, 0.15) is 11.9 Å². The van der Waals surface area contributed by atoms with E-state index in [4.69, 9.17) is 10.00 Å². The van der Waals surface area contributed by atoms with Gasteiger partial charge in [-0.3, -0.25) is 0 Å². The highest BCUT2D eigenvalue weighted by molar-refractivity contribution is 5.52. The van der Waals surface area contributed by atoms with Crippen molar-refractivity contribution in [3.8, 4) is 6.07 Å². The maximum absolute atomic E-state index is 9.02. The predicted octanol–water partition coefficient (Wildman–Crippen LogP) is 2.49.